The van der Waals surface area contributed by atoms with E-state index in [0.29, 0.717) is 36.4 Å². The number of nitrogens with two attached hydrogens (primary N) is 1. The number of likely N-dealkylation sites (tertiary alicyclic amines) is 1. The van der Waals surface area contributed by atoms with Crippen molar-refractivity contribution < 1.29 is 19.1 Å². The first kappa shape index (κ1) is 15.0. The van der Waals surface area contributed by atoms with E-state index in [-0.39, 0.29) is 0 Å². The van der Waals surface area contributed by atoms with Crippen LogP contribution in [0.4, 0.5) is 4.79 Å². The molecular weight excluding hydrogens is 272 g/mol. The molecule has 3 N–H and O–H groups in total. The first-order valence-electron chi connectivity index (χ1n) is 6.71. The maximum Gasteiger partial charge on any atom is 0.332 e. The Morgan fingerprint density at radius 3 is 2.52 bits per heavy atom. The quantitative estimate of drug-likeness (QED) is 0.488. The highest BCUT2D eigenvalue weighted by atomic mass is 16.7. The lowest BCUT2D eigenvalue weighted by Crippen LogP contribution is -2.52. The van der Waals surface area contributed by atoms with Crippen molar-refractivity contribution in [1.82, 2.24) is 5.43 Å². The molecule has 21 heavy (non-hydrogen) atoms. The average molecular weight is 291 g/mol. The highest BCUT2D eigenvalue weighted by Crippen LogP contribution is 2.20. The molecule has 7 nitrogen and oxygen atoms in total. The second-order valence-electron chi connectivity index (χ2n) is 5.18. The third kappa shape index (κ3) is 4.57. The number of hydrogen-bond donors (Lipinski definition) is 2. The van der Waals surface area contributed by atoms with Crippen LogP contribution in [0.25, 0.3) is 0 Å². The van der Waals surface area contributed by atoms with E-state index in [1.165, 1.54) is 6.21 Å². The molecule has 1 fully saturated rings. The monoisotopic (exact) mass is 291 g/mol. The zero-order chi connectivity index (χ0) is 15.3. The number of benzene rings is 1. The topological polar surface area (TPSA) is 93.8 Å². The van der Waals surface area contributed by atoms with Gasteiger partial charge in [-0.15, -0.1) is 4.65 Å². The third-order valence-electron chi connectivity index (χ3n) is 3.32. The van der Waals surface area contributed by atoms with E-state index in [9.17, 15) is 9.59 Å². The number of quaternary nitrogens is 1. The number of Topliss-reactive ketones (excluding diaryl/α,β-unsaturated/α-hetero) is 1. The highest BCUT2D eigenvalue weighted by Gasteiger charge is 2.31. The van der Waals surface area contributed by atoms with Crippen molar-refractivity contribution in [3.05, 3.63) is 29.8 Å². The van der Waals surface area contributed by atoms with Crippen LogP contribution in [0.15, 0.2) is 29.4 Å². The predicted octanol–water partition coefficient (Wildman–Crippen LogP) is 0.792. The highest BCUT2D eigenvalue weighted by molar-refractivity contribution is 5.81. The summed E-state index contributed by atoms with van der Waals surface area (Å²) in [5.74, 6) is 1.02. The summed E-state index contributed by atoms with van der Waals surface area (Å²) >= 11 is 0. The fraction of sp³-hybridized carbons (Fsp3) is 0.357. The number of hydrogen-bond acceptors (Lipinski definition) is 4. The van der Waals surface area contributed by atoms with Gasteiger partial charge in [0.15, 0.2) is 5.75 Å². The van der Waals surface area contributed by atoms with Gasteiger partial charge in [0.1, 0.15) is 25.9 Å². The zero-order valence-electron chi connectivity index (χ0n) is 11.9. The molecule has 112 valence electrons. The molecule has 1 aromatic carbocycles. The molecule has 0 radical (unpaired) electrons. The molecule has 2 amide bonds. The molecule has 1 aliphatic rings. The van der Waals surface area contributed by atoms with E-state index >= 15 is 0 Å². The molecule has 0 aliphatic carbocycles. The van der Waals surface area contributed by atoms with Crippen LogP contribution in [0, 0.1) is 0 Å². The number of nitrogens with one attached hydrogen (secondary N) is 1. The van der Waals surface area contributed by atoms with Gasteiger partial charge < -0.3 is 10.6 Å². The lowest BCUT2D eigenvalue weighted by molar-refractivity contribution is -1.06. The number of rotatable bonds is 4. The van der Waals surface area contributed by atoms with Crippen molar-refractivity contribution in [2.45, 2.75) is 12.8 Å². The SMILES string of the molecule is C[N+]1(Oc2ccc(C=NNC(N)=O)cc2)CCC(=O)CC1. The van der Waals surface area contributed by atoms with Crippen molar-refractivity contribution in [1.29, 1.82) is 0 Å². The second-order valence-corrected chi connectivity index (χ2v) is 5.18. The lowest BCUT2D eigenvalue weighted by atomic mass is 10.1. The van der Waals surface area contributed by atoms with E-state index in [1.54, 1.807) is 0 Å². The van der Waals surface area contributed by atoms with E-state index in [2.05, 4.69) is 10.5 Å². The van der Waals surface area contributed by atoms with E-state index < -0.39 is 6.03 Å². The van der Waals surface area contributed by atoms with Crippen LogP contribution in [0.3, 0.4) is 0 Å². The summed E-state index contributed by atoms with van der Waals surface area (Å²) in [6, 6.07) is 6.59. The van der Waals surface area contributed by atoms with Crippen LogP contribution in [-0.2, 0) is 4.79 Å². The Balaban J connectivity index is 1.94. The number of hydrazone groups is 1. The molecule has 7 heteroatoms. The van der Waals surface area contributed by atoms with Crippen molar-refractivity contribution >= 4 is 18.0 Å². The number of primary amides is 1. The number of carbonyl (C=O) groups excluding carboxylic acids is 2. The number of hydroxylamine groups is 3. The van der Waals surface area contributed by atoms with Crippen LogP contribution >= 0.6 is 0 Å². The predicted molar refractivity (Wildman–Crippen MR) is 77.5 cm³/mol. The molecule has 1 aromatic rings. The van der Waals surface area contributed by atoms with Crippen molar-refractivity contribution in [2.75, 3.05) is 20.1 Å². The number of ketones is 1. The largest absolute Gasteiger partial charge is 0.350 e. The maximum absolute atomic E-state index is 11.3. The van der Waals surface area contributed by atoms with Gasteiger partial charge in [-0.05, 0) is 29.8 Å². The summed E-state index contributed by atoms with van der Waals surface area (Å²) < 4.78 is 0.405. The second kappa shape index (κ2) is 6.36. The zero-order valence-corrected chi connectivity index (χ0v) is 11.9. The van der Waals surface area contributed by atoms with Gasteiger partial charge >= 0.3 is 6.03 Å². The Bertz CT molecular complexity index is 544. The van der Waals surface area contributed by atoms with E-state index in [4.69, 9.17) is 10.6 Å². The summed E-state index contributed by atoms with van der Waals surface area (Å²) in [7, 11) is 1.97. The van der Waals surface area contributed by atoms with E-state index in [1.807, 2.05) is 31.3 Å². The number of piperidine rings is 1. The van der Waals surface area contributed by atoms with Gasteiger partial charge in [-0.2, -0.15) is 5.10 Å². The smallest absolute Gasteiger partial charge is 0.332 e. The fourth-order valence-electron chi connectivity index (χ4n) is 2.09. The molecule has 0 spiro atoms. The fourth-order valence-corrected chi connectivity index (χ4v) is 2.09. The molecule has 0 atom stereocenters. The normalized spacial score (nSPS) is 17.7. The summed E-state index contributed by atoms with van der Waals surface area (Å²) in [6.45, 7) is 1.37. The summed E-state index contributed by atoms with van der Waals surface area (Å²) in [4.78, 5) is 27.7. The van der Waals surface area contributed by atoms with Gasteiger partial charge in [0.2, 0.25) is 0 Å². The molecule has 0 bridgehead atoms. The minimum atomic E-state index is -0.705. The average Bonchev–Trinajstić information content (AvgIpc) is 2.44. The molecule has 1 saturated heterocycles. The van der Waals surface area contributed by atoms with Gasteiger partial charge in [-0.1, -0.05) is 0 Å². The van der Waals surface area contributed by atoms with Crippen LogP contribution in [0.2, 0.25) is 0 Å². The Morgan fingerprint density at radius 1 is 1.33 bits per heavy atom. The van der Waals surface area contributed by atoms with Crippen molar-refractivity contribution in [3.63, 3.8) is 0 Å². The molecule has 1 aliphatic heterocycles. The molecule has 2 rings (SSSR count). The van der Waals surface area contributed by atoms with Gasteiger partial charge in [0.05, 0.1) is 19.1 Å². The first-order valence-corrected chi connectivity index (χ1v) is 6.71. The van der Waals surface area contributed by atoms with Gasteiger partial charge in [0.25, 0.3) is 0 Å². The molecule has 1 heterocycles. The summed E-state index contributed by atoms with van der Waals surface area (Å²) in [5.41, 5.74) is 7.84. The van der Waals surface area contributed by atoms with Crippen LogP contribution in [0.1, 0.15) is 18.4 Å². The van der Waals surface area contributed by atoms with Crippen LogP contribution in [0.5, 0.6) is 5.75 Å². The Kier molecular flexibility index (Phi) is 4.54. The minimum Gasteiger partial charge on any atom is -0.350 e. The third-order valence-corrected chi connectivity index (χ3v) is 3.32. The number of urea groups is 1. The van der Waals surface area contributed by atoms with Gasteiger partial charge in [-0.25, -0.2) is 10.2 Å². The molecule has 0 unspecified atom stereocenters. The van der Waals surface area contributed by atoms with Gasteiger partial charge in [-0.3, -0.25) is 4.79 Å². The molecular formula is C14H19N4O3+. The molecule has 0 aromatic heterocycles. The minimum absolute atomic E-state index is 0.294. The first-order chi connectivity index (χ1) is 9.97. The van der Waals surface area contributed by atoms with Crippen molar-refractivity contribution in [3.8, 4) is 5.75 Å². The van der Waals surface area contributed by atoms with Gasteiger partial charge in [0, 0.05) is 0 Å². The number of nitrogens with zero attached hydrogens (tertiary/aromatic N) is 2. The maximum atomic E-state index is 11.3. The lowest BCUT2D eigenvalue weighted by Gasteiger charge is -2.34. The Morgan fingerprint density at radius 2 is 1.95 bits per heavy atom. The van der Waals surface area contributed by atoms with Crippen LogP contribution < -0.4 is 16.0 Å². The van der Waals surface area contributed by atoms with E-state index in [0.717, 1.165) is 11.3 Å². The number of carbonyl (C=O) groups is 2. The number of amides is 2. The standard InChI is InChI=1S/C14H18N4O3/c1-18(8-6-12(19)7-9-18)21-13-4-2-11(3-5-13)10-16-17-14(15)20/h2-5,10H,6-9H2,1H3,(H2-,15,17,20)/p+1. The van der Waals surface area contributed by atoms with Crippen molar-refractivity contribution in [2.24, 2.45) is 10.8 Å². The summed E-state index contributed by atoms with van der Waals surface area (Å²) in [5, 5.41) is 3.68. The molecule has 0 saturated carbocycles. The Hall–Kier alpha value is -2.41. The van der Waals surface area contributed by atoms with Crippen LogP contribution in [-0.4, -0.2) is 42.8 Å². The Labute approximate surface area is 122 Å². The summed E-state index contributed by atoms with van der Waals surface area (Å²) in [6.07, 6.45) is 2.60.